The van der Waals surface area contributed by atoms with Crippen molar-refractivity contribution < 1.29 is 5.11 Å². The molecule has 0 saturated heterocycles. The zero-order valence-electron chi connectivity index (χ0n) is 20.5. The van der Waals surface area contributed by atoms with Gasteiger partial charge in [-0.3, -0.25) is 0 Å². The van der Waals surface area contributed by atoms with Gasteiger partial charge in [0.15, 0.2) is 0 Å². The van der Waals surface area contributed by atoms with E-state index in [1.807, 2.05) is 6.08 Å². The molecule has 0 aromatic carbocycles. The summed E-state index contributed by atoms with van der Waals surface area (Å²) < 4.78 is 0. The maximum Gasteiger partial charge on any atom is 0.0794 e. The van der Waals surface area contributed by atoms with E-state index in [2.05, 4.69) is 40.7 Å². The smallest absolute Gasteiger partial charge is 0.0794 e. The molecule has 1 N–H and O–H groups in total. The first-order valence-electron chi connectivity index (χ1n) is 13.3. The van der Waals surface area contributed by atoms with Crippen molar-refractivity contribution in [3.05, 3.63) is 24.0 Å². The van der Waals surface area contributed by atoms with Crippen molar-refractivity contribution in [2.24, 2.45) is 52.3 Å². The average molecular weight is 413 g/mol. The van der Waals surface area contributed by atoms with Crippen molar-refractivity contribution in [2.45, 2.75) is 105 Å². The lowest BCUT2D eigenvalue weighted by Crippen LogP contribution is -2.53. The summed E-state index contributed by atoms with van der Waals surface area (Å²) in [4.78, 5) is 0. The Bertz CT molecular complexity index is 659. The normalized spacial score (nSPS) is 45.3. The summed E-state index contributed by atoms with van der Waals surface area (Å²) in [6, 6.07) is 0. The second kappa shape index (κ2) is 8.67. The molecule has 0 spiro atoms. The third-order valence-electron chi connectivity index (χ3n) is 11.0. The van der Waals surface area contributed by atoms with Crippen molar-refractivity contribution in [1.29, 1.82) is 0 Å². The first-order chi connectivity index (χ1) is 14.3. The molecule has 4 aliphatic rings. The van der Waals surface area contributed by atoms with Crippen LogP contribution < -0.4 is 0 Å². The van der Waals surface area contributed by atoms with E-state index in [0.29, 0.717) is 16.7 Å². The Kier molecular flexibility index (Phi) is 6.49. The van der Waals surface area contributed by atoms with E-state index in [0.717, 1.165) is 35.5 Å². The molecule has 4 saturated carbocycles. The summed E-state index contributed by atoms with van der Waals surface area (Å²) in [6.45, 7) is 12.4. The van der Waals surface area contributed by atoms with Crippen LogP contribution in [0.25, 0.3) is 0 Å². The van der Waals surface area contributed by atoms with Gasteiger partial charge in [-0.2, -0.15) is 0 Å². The van der Waals surface area contributed by atoms with Crippen LogP contribution in [0.5, 0.6) is 0 Å². The molecule has 0 bridgehead atoms. The fourth-order valence-corrected chi connectivity index (χ4v) is 9.34. The highest BCUT2D eigenvalue weighted by Gasteiger charge is 2.59. The van der Waals surface area contributed by atoms with Crippen LogP contribution in [0.1, 0.15) is 105 Å². The molecule has 1 heteroatoms. The third kappa shape index (κ3) is 3.71. The molecular formula is C29H48O. The quantitative estimate of drug-likeness (QED) is 0.353. The lowest BCUT2D eigenvalue weighted by atomic mass is 9.44. The summed E-state index contributed by atoms with van der Waals surface area (Å²) in [5, 5.41) is 9.25. The van der Waals surface area contributed by atoms with Crippen LogP contribution in [0.15, 0.2) is 24.0 Å². The van der Waals surface area contributed by atoms with E-state index < -0.39 is 0 Å². The second-order valence-electron chi connectivity index (χ2n) is 12.5. The summed E-state index contributed by atoms with van der Waals surface area (Å²) >= 11 is 0. The van der Waals surface area contributed by atoms with Gasteiger partial charge in [0.2, 0.25) is 0 Å². The van der Waals surface area contributed by atoms with Crippen LogP contribution >= 0.6 is 0 Å². The fraction of sp³-hybridized carbons (Fsp3) is 0.862. The predicted molar refractivity (Wildman–Crippen MR) is 128 cm³/mol. The molecule has 1 unspecified atom stereocenters. The number of aliphatic hydroxyl groups is 1. The Balaban J connectivity index is 1.49. The number of hydrogen-bond donors (Lipinski definition) is 1. The number of rotatable bonds is 5. The SMILES string of the molecule is CC(C)C(=C/C[C@@H](C)[C@H]1CC[C@H]2[C@@H]3CCC4CCCC[C@]4(C)[C@H]3CC[C@]12C)/C=C/O. The Morgan fingerprint density at radius 3 is 2.40 bits per heavy atom. The molecule has 1 nitrogen and oxygen atoms in total. The first kappa shape index (κ1) is 22.5. The molecule has 0 amide bonds. The Morgan fingerprint density at radius 1 is 0.900 bits per heavy atom. The molecule has 4 aliphatic carbocycles. The van der Waals surface area contributed by atoms with Gasteiger partial charge in [-0.05, 0) is 122 Å². The molecule has 8 atom stereocenters. The predicted octanol–water partition coefficient (Wildman–Crippen LogP) is 8.72. The first-order valence-corrected chi connectivity index (χ1v) is 13.3. The third-order valence-corrected chi connectivity index (χ3v) is 11.0. The van der Waals surface area contributed by atoms with Crippen LogP contribution in [-0.2, 0) is 0 Å². The van der Waals surface area contributed by atoms with E-state index in [1.165, 1.54) is 82.5 Å². The van der Waals surface area contributed by atoms with Crippen LogP contribution in [0.2, 0.25) is 0 Å². The van der Waals surface area contributed by atoms with Crippen molar-refractivity contribution in [3.63, 3.8) is 0 Å². The van der Waals surface area contributed by atoms with Crippen LogP contribution in [0, 0.1) is 52.3 Å². The number of hydrogen-bond acceptors (Lipinski definition) is 1. The summed E-state index contributed by atoms with van der Waals surface area (Å²) in [5.41, 5.74) is 2.52. The van der Waals surface area contributed by atoms with E-state index >= 15 is 0 Å². The van der Waals surface area contributed by atoms with E-state index in [1.54, 1.807) is 0 Å². The molecule has 4 fully saturated rings. The molecule has 30 heavy (non-hydrogen) atoms. The highest BCUT2D eigenvalue weighted by molar-refractivity contribution is 5.19. The minimum Gasteiger partial charge on any atom is -0.516 e. The maximum atomic E-state index is 9.25. The van der Waals surface area contributed by atoms with Gasteiger partial charge in [0, 0.05) is 0 Å². The van der Waals surface area contributed by atoms with Crippen LogP contribution in [-0.4, -0.2) is 5.11 Å². The van der Waals surface area contributed by atoms with Gasteiger partial charge in [-0.15, -0.1) is 0 Å². The van der Waals surface area contributed by atoms with Gasteiger partial charge < -0.3 is 5.11 Å². The number of aliphatic hydroxyl groups excluding tert-OH is 1. The van der Waals surface area contributed by atoms with Gasteiger partial charge in [0.1, 0.15) is 0 Å². The fourth-order valence-electron chi connectivity index (χ4n) is 9.34. The number of fused-ring (bicyclic) bond motifs is 5. The zero-order chi connectivity index (χ0) is 21.5. The highest BCUT2D eigenvalue weighted by Crippen LogP contribution is 2.68. The number of allylic oxidation sites excluding steroid dienone is 3. The van der Waals surface area contributed by atoms with Gasteiger partial charge in [-0.1, -0.05) is 53.5 Å². The van der Waals surface area contributed by atoms with Crippen molar-refractivity contribution >= 4 is 0 Å². The van der Waals surface area contributed by atoms with Gasteiger partial charge >= 0.3 is 0 Å². The van der Waals surface area contributed by atoms with Crippen molar-refractivity contribution in [2.75, 3.05) is 0 Å². The van der Waals surface area contributed by atoms with Crippen molar-refractivity contribution in [1.82, 2.24) is 0 Å². The monoisotopic (exact) mass is 412 g/mol. The maximum absolute atomic E-state index is 9.25. The molecule has 4 rings (SSSR count). The molecule has 0 aromatic rings. The van der Waals surface area contributed by atoms with Crippen molar-refractivity contribution in [3.8, 4) is 0 Å². The lowest BCUT2D eigenvalue weighted by molar-refractivity contribution is -0.114. The Labute approximate surface area is 186 Å². The van der Waals surface area contributed by atoms with Crippen LogP contribution in [0.3, 0.4) is 0 Å². The average Bonchev–Trinajstić information content (AvgIpc) is 3.07. The van der Waals surface area contributed by atoms with Gasteiger partial charge in [0.25, 0.3) is 0 Å². The van der Waals surface area contributed by atoms with E-state index in [4.69, 9.17) is 0 Å². The highest BCUT2D eigenvalue weighted by atomic mass is 16.2. The molecule has 0 aromatic heterocycles. The summed E-state index contributed by atoms with van der Waals surface area (Å²) in [6.07, 6.45) is 21.7. The van der Waals surface area contributed by atoms with E-state index in [9.17, 15) is 5.11 Å². The standard InChI is InChI=1S/C29H48O/c1-20(2)22(16-19-30)10-9-21(3)25-13-14-26-24-12-11-23-8-6-7-17-28(23,4)27(24)15-18-29(25,26)5/h10,16,19-21,23-27,30H,6-9,11-15,17-18H2,1-5H3/b19-16+,22-10+/t21-,23?,24+,25-,26+,27+,28+,29-/m1/s1. The molecule has 0 heterocycles. The molecule has 0 aliphatic heterocycles. The minimum atomic E-state index is 0.481. The lowest BCUT2D eigenvalue weighted by Gasteiger charge is -2.61. The summed E-state index contributed by atoms with van der Waals surface area (Å²) in [5.74, 6) is 6.16. The largest absolute Gasteiger partial charge is 0.516 e. The van der Waals surface area contributed by atoms with E-state index in [-0.39, 0.29) is 0 Å². The van der Waals surface area contributed by atoms with Gasteiger partial charge in [0.05, 0.1) is 6.26 Å². The molecule has 0 radical (unpaired) electrons. The van der Waals surface area contributed by atoms with Gasteiger partial charge in [-0.25, -0.2) is 0 Å². The minimum absolute atomic E-state index is 0.481. The topological polar surface area (TPSA) is 20.2 Å². The Hall–Kier alpha value is -0.720. The molecule has 170 valence electrons. The Morgan fingerprint density at radius 2 is 1.67 bits per heavy atom. The summed E-state index contributed by atoms with van der Waals surface area (Å²) in [7, 11) is 0. The second-order valence-corrected chi connectivity index (χ2v) is 12.5. The molecular weight excluding hydrogens is 364 g/mol. The zero-order valence-corrected chi connectivity index (χ0v) is 20.5. The van der Waals surface area contributed by atoms with Crippen LogP contribution in [0.4, 0.5) is 0 Å².